The van der Waals surface area contributed by atoms with Crippen LogP contribution in [0.5, 0.6) is 5.75 Å². The van der Waals surface area contributed by atoms with E-state index in [0.717, 1.165) is 12.8 Å². The second-order valence-corrected chi connectivity index (χ2v) is 4.51. The summed E-state index contributed by atoms with van der Waals surface area (Å²) in [5, 5.41) is 9.66. The van der Waals surface area contributed by atoms with E-state index in [0.29, 0.717) is 10.4 Å². The molecule has 0 radical (unpaired) electrons. The van der Waals surface area contributed by atoms with Gasteiger partial charge in [0.25, 0.3) is 0 Å². The van der Waals surface area contributed by atoms with Gasteiger partial charge in [-0.05, 0) is 46.8 Å². The molecule has 0 amide bonds. The Labute approximate surface area is 102 Å². The van der Waals surface area contributed by atoms with Gasteiger partial charge in [-0.15, -0.1) is 12.4 Å². The summed E-state index contributed by atoms with van der Waals surface area (Å²) in [6, 6.07) is 2.42. The largest absolute Gasteiger partial charge is 0.506 e. The number of aromatic hydroxyl groups is 1. The average molecular weight is 297 g/mol. The number of rotatable bonds is 2. The van der Waals surface area contributed by atoms with Gasteiger partial charge in [0.2, 0.25) is 0 Å². The highest BCUT2D eigenvalue weighted by Crippen LogP contribution is 2.44. The molecule has 1 aromatic rings. The average Bonchev–Trinajstić information content (AvgIpc) is 2.95. The maximum atomic E-state index is 13.4. The zero-order valence-corrected chi connectivity index (χ0v) is 10.3. The lowest BCUT2D eigenvalue weighted by Crippen LogP contribution is -2.14. The maximum Gasteiger partial charge on any atom is 0.137 e. The smallest absolute Gasteiger partial charge is 0.137 e. The molecule has 1 aliphatic carbocycles. The molecule has 0 aromatic heterocycles. The van der Waals surface area contributed by atoms with Crippen molar-refractivity contribution in [3.63, 3.8) is 0 Å². The van der Waals surface area contributed by atoms with E-state index < -0.39 is 5.82 Å². The van der Waals surface area contributed by atoms with Gasteiger partial charge in [-0.1, -0.05) is 0 Å². The molecule has 2 nitrogen and oxygen atoms in total. The van der Waals surface area contributed by atoms with E-state index in [-0.39, 0.29) is 29.8 Å². The number of phenolic OH excluding ortho intramolecular Hbond substituents is 1. The predicted molar refractivity (Wildman–Crippen MR) is 62.7 cm³/mol. The van der Waals surface area contributed by atoms with Gasteiger partial charge < -0.3 is 10.8 Å². The minimum atomic E-state index is -0.426. The quantitative estimate of drug-likeness (QED) is 0.881. The third-order valence-corrected chi connectivity index (χ3v) is 3.22. The minimum absolute atomic E-state index is 0. The lowest BCUT2D eigenvalue weighted by Gasteiger charge is -2.14. The van der Waals surface area contributed by atoms with Crippen molar-refractivity contribution in [2.45, 2.75) is 18.9 Å². The second kappa shape index (κ2) is 4.68. The van der Waals surface area contributed by atoms with Crippen molar-refractivity contribution in [2.24, 2.45) is 11.7 Å². The van der Waals surface area contributed by atoms with Gasteiger partial charge in [-0.25, -0.2) is 4.39 Å². The van der Waals surface area contributed by atoms with Crippen LogP contribution in [-0.2, 0) is 0 Å². The molecule has 0 aliphatic heterocycles. The van der Waals surface area contributed by atoms with Crippen molar-refractivity contribution in [2.75, 3.05) is 0 Å². The van der Waals surface area contributed by atoms with E-state index in [1.807, 2.05) is 0 Å². The first-order valence-electron chi connectivity index (χ1n) is 4.53. The van der Waals surface area contributed by atoms with Crippen molar-refractivity contribution >= 4 is 28.3 Å². The van der Waals surface area contributed by atoms with Crippen molar-refractivity contribution in [3.8, 4) is 5.75 Å². The summed E-state index contributed by atoms with van der Waals surface area (Å²) >= 11 is 3.15. The summed E-state index contributed by atoms with van der Waals surface area (Å²) in [5.74, 6) is -0.167. The standard InChI is InChI=1S/C10H11BrFNO.ClH/c11-6-3-4-7(12)8(10(6)14)9(13)5-1-2-5;/h3-5,9,14H,1-2,13H2;1H/t9-;/m1./s1. The van der Waals surface area contributed by atoms with Gasteiger partial charge in [-0.3, -0.25) is 0 Å². The van der Waals surface area contributed by atoms with Gasteiger partial charge in [-0.2, -0.15) is 0 Å². The number of phenols is 1. The molecular weight excluding hydrogens is 284 g/mol. The van der Waals surface area contributed by atoms with Crippen molar-refractivity contribution in [1.29, 1.82) is 0 Å². The summed E-state index contributed by atoms with van der Waals surface area (Å²) < 4.78 is 13.9. The highest BCUT2D eigenvalue weighted by Gasteiger charge is 2.33. The van der Waals surface area contributed by atoms with Crippen LogP contribution in [-0.4, -0.2) is 5.11 Å². The molecule has 3 N–H and O–H groups in total. The molecule has 1 atom stereocenters. The van der Waals surface area contributed by atoms with E-state index >= 15 is 0 Å². The highest BCUT2D eigenvalue weighted by atomic mass is 79.9. The normalized spacial score (nSPS) is 17.0. The zero-order chi connectivity index (χ0) is 10.3. The molecule has 0 saturated heterocycles. The third kappa shape index (κ3) is 2.44. The monoisotopic (exact) mass is 295 g/mol. The van der Waals surface area contributed by atoms with E-state index in [9.17, 15) is 9.50 Å². The lowest BCUT2D eigenvalue weighted by molar-refractivity contribution is 0.438. The molecule has 1 aromatic carbocycles. The van der Waals surface area contributed by atoms with Crippen LogP contribution in [0.25, 0.3) is 0 Å². The molecule has 15 heavy (non-hydrogen) atoms. The Morgan fingerprint density at radius 3 is 2.60 bits per heavy atom. The molecule has 0 spiro atoms. The Kier molecular flexibility index (Phi) is 3.98. The number of halogens is 3. The first kappa shape index (κ1) is 12.7. The Bertz CT molecular complexity index is 371. The molecule has 0 heterocycles. The van der Waals surface area contributed by atoms with Crippen LogP contribution in [0, 0.1) is 11.7 Å². The number of benzene rings is 1. The number of hydrogen-bond donors (Lipinski definition) is 2. The topological polar surface area (TPSA) is 46.2 Å². The molecule has 2 rings (SSSR count). The number of nitrogens with two attached hydrogens (primary N) is 1. The Hall–Kier alpha value is -0.320. The van der Waals surface area contributed by atoms with Crippen molar-refractivity contribution in [1.82, 2.24) is 0 Å². The molecule has 0 bridgehead atoms. The predicted octanol–water partition coefficient (Wildman–Crippen LogP) is 3.13. The fourth-order valence-electron chi connectivity index (χ4n) is 1.56. The van der Waals surface area contributed by atoms with Gasteiger partial charge >= 0.3 is 0 Å². The Morgan fingerprint density at radius 2 is 2.07 bits per heavy atom. The summed E-state index contributed by atoms with van der Waals surface area (Å²) in [6.45, 7) is 0. The fourth-order valence-corrected chi connectivity index (χ4v) is 1.91. The van der Waals surface area contributed by atoms with E-state index in [1.54, 1.807) is 0 Å². The second-order valence-electron chi connectivity index (χ2n) is 3.65. The molecule has 84 valence electrons. The SMILES string of the molecule is Cl.N[C@@H](c1c(F)ccc(Br)c1O)C1CC1. The Balaban J connectivity index is 0.00000112. The molecule has 1 fully saturated rings. The van der Waals surface area contributed by atoms with Crippen molar-refractivity contribution in [3.05, 3.63) is 28.0 Å². The molecule has 5 heteroatoms. The third-order valence-electron chi connectivity index (χ3n) is 2.58. The van der Waals surface area contributed by atoms with Gasteiger partial charge in [0.1, 0.15) is 11.6 Å². The van der Waals surface area contributed by atoms with Crippen LogP contribution in [0.1, 0.15) is 24.4 Å². The summed E-state index contributed by atoms with van der Waals surface area (Å²) in [5.41, 5.74) is 6.09. The van der Waals surface area contributed by atoms with Crippen LogP contribution in [0.3, 0.4) is 0 Å². The van der Waals surface area contributed by atoms with Crippen LogP contribution in [0.15, 0.2) is 16.6 Å². The molecule has 1 saturated carbocycles. The van der Waals surface area contributed by atoms with Crippen LogP contribution < -0.4 is 5.73 Å². The highest BCUT2D eigenvalue weighted by molar-refractivity contribution is 9.10. The Morgan fingerprint density at radius 1 is 1.47 bits per heavy atom. The first-order valence-corrected chi connectivity index (χ1v) is 5.33. The van der Waals surface area contributed by atoms with E-state index in [4.69, 9.17) is 5.73 Å². The summed E-state index contributed by atoms with van der Waals surface area (Å²) in [4.78, 5) is 0. The minimum Gasteiger partial charge on any atom is -0.506 e. The zero-order valence-electron chi connectivity index (χ0n) is 7.91. The van der Waals surface area contributed by atoms with Crippen molar-refractivity contribution < 1.29 is 9.50 Å². The fraction of sp³-hybridized carbons (Fsp3) is 0.400. The molecule has 0 unspecified atom stereocenters. The molecular formula is C10H12BrClFNO. The van der Waals surface area contributed by atoms with Gasteiger partial charge in [0.05, 0.1) is 4.47 Å². The number of hydrogen-bond acceptors (Lipinski definition) is 2. The first-order chi connectivity index (χ1) is 6.61. The lowest BCUT2D eigenvalue weighted by atomic mass is 10.0. The summed E-state index contributed by atoms with van der Waals surface area (Å²) in [7, 11) is 0. The van der Waals surface area contributed by atoms with Gasteiger partial charge in [0, 0.05) is 11.6 Å². The van der Waals surface area contributed by atoms with Crippen LogP contribution >= 0.6 is 28.3 Å². The maximum absolute atomic E-state index is 13.4. The summed E-state index contributed by atoms with van der Waals surface area (Å²) in [6.07, 6.45) is 2.04. The van der Waals surface area contributed by atoms with Gasteiger partial charge in [0.15, 0.2) is 0 Å². The van der Waals surface area contributed by atoms with E-state index in [2.05, 4.69) is 15.9 Å². The van der Waals surface area contributed by atoms with Crippen LogP contribution in [0.2, 0.25) is 0 Å². The van der Waals surface area contributed by atoms with Crippen LogP contribution in [0.4, 0.5) is 4.39 Å². The molecule has 1 aliphatic rings. The van der Waals surface area contributed by atoms with E-state index in [1.165, 1.54) is 12.1 Å².